The number of aliphatic hydroxyl groups is 1. The first kappa shape index (κ1) is 22.6. The monoisotopic (exact) mass is 461 g/mol. The summed E-state index contributed by atoms with van der Waals surface area (Å²) >= 11 is 6.35. The van der Waals surface area contributed by atoms with Crippen molar-refractivity contribution in [3.8, 4) is 5.75 Å². The van der Waals surface area contributed by atoms with Crippen LogP contribution in [0.5, 0.6) is 5.75 Å². The summed E-state index contributed by atoms with van der Waals surface area (Å²) in [5.41, 5.74) is 4.28. The van der Waals surface area contributed by atoms with Crippen LogP contribution in [0.1, 0.15) is 33.9 Å². The van der Waals surface area contributed by atoms with Gasteiger partial charge in [-0.2, -0.15) is 0 Å². The van der Waals surface area contributed by atoms with Crippen LogP contribution in [0.3, 0.4) is 0 Å². The summed E-state index contributed by atoms with van der Waals surface area (Å²) in [5.74, 6) is -1.55. The normalized spacial score (nSPS) is 17.5. The van der Waals surface area contributed by atoms with Gasteiger partial charge in [-0.05, 0) is 61.7 Å². The number of carbonyl (C=O) groups excluding carboxylic acids is 2. The number of aliphatic hydroxyl groups excluding tert-OH is 1. The Labute approximate surface area is 197 Å². The van der Waals surface area contributed by atoms with E-state index in [0.717, 1.165) is 22.3 Å². The Morgan fingerprint density at radius 3 is 2.27 bits per heavy atom. The van der Waals surface area contributed by atoms with Crippen LogP contribution in [-0.2, 0) is 9.59 Å². The van der Waals surface area contributed by atoms with Gasteiger partial charge in [-0.3, -0.25) is 14.5 Å². The number of amides is 1. The number of rotatable bonds is 4. The molecule has 0 spiro atoms. The Morgan fingerprint density at radius 1 is 0.970 bits per heavy atom. The molecular formula is C27H24ClNO4. The number of aryl methyl sites for hydroxylation is 3. The standard InChI is InChI=1S/C27H24ClNO4/c1-15-9-11-18(12-10-15)29-23(19-8-6-5-7-17(19)3)22(25(31)27(29)32)24(30)20-13-16(2)14-21(28)26(20)33-4/h5-14,23,30H,1-4H3/b24-22+. The molecule has 33 heavy (non-hydrogen) atoms. The van der Waals surface area contributed by atoms with Gasteiger partial charge in [0.15, 0.2) is 0 Å². The number of hydrogen-bond acceptors (Lipinski definition) is 4. The van der Waals surface area contributed by atoms with Gasteiger partial charge in [0, 0.05) is 5.69 Å². The molecule has 0 saturated carbocycles. The Balaban J connectivity index is 2.03. The first-order chi connectivity index (χ1) is 15.7. The molecule has 1 heterocycles. The molecule has 0 radical (unpaired) electrons. The molecule has 3 aromatic carbocycles. The average Bonchev–Trinajstić information content (AvgIpc) is 3.04. The SMILES string of the molecule is COc1c(Cl)cc(C)cc1/C(O)=C1\C(=O)C(=O)N(c2ccc(C)cc2)C1c1ccccc1C. The molecular weight excluding hydrogens is 438 g/mol. The van der Waals surface area contributed by atoms with Gasteiger partial charge in [0.1, 0.15) is 11.5 Å². The summed E-state index contributed by atoms with van der Waals surface area (Å²) in [6, 6.07) is 17.5. The number of methoxy groups -OCH3 is 1. The van der Waals surface area contributed by atoms with E-state index in [2.05, 4.69) is 0 Å². The van der Waals surface area contributed by atoms with Gasteiger partial charge < -0.3 is 9.84 Å². The average molecular weight is 462 g/mol. The third-order valence-corrected chi connectivity index (χ3v) is 6.17. The van der Waals surface area contributed by atoms with Gasteiger partial charge in [-0.15, -0.1) is 0 Å². The van der Waals surface area contributed by atoms with Gasteiger partial charge in [-0.25, -0.2) is 0 Å². The molecule has 0 aliphatic carbocycles. The number of ketones is 1. The van der Waals surface area contributed by atoms with Crippen molar-refractivity contribution in [2.24, 2.45) is 0 Å². The Morgan fingerprint density at radius 2 is 1.64 bits per heavy atom. The van der Waals surface area contributed by atoms with E-state index in [1.807, 2.05) is 57.2 Å². The Kier molecular flexibility index (Phi) is 6.00. The van der Waals surface area contributed by atoms with Crippen LogP contribution in [-0.4, -0.2) is 23.9 Å². The molecule has 1 atom stereocenters. The molecule has 1 aliphatic rings. The summed E-state index contributed by atoms with van der Waals surface area (Å²) < 4.78 is 5.43. The molecule has 6 heteroatoms. The summed E-state index contributed by atoms with van der Waals surface area (Å²) in [6.45, 7) is 5.69. The van der Waals surface area contributed by atoms with Crippen molar-refractivity contribution in [3.63, 3.8) is 0 Å². The van der Waals surface area contributed by atoms with E-state index < -0.39 is 17.7 Å². The summed E-state index contributed by atoms with van der Waals surface area (Å²) in [5, 5.41) is 11.7. The molecule has 1 aliphatic heterocycles. The van der Waals surface area contributed by atoms with Gasteiger partial charge in [-0.1, -0.05) is 53.6 Å². The maximum Gasteiger partial charge on any atom is 0.300 e. The van der Waals surface area contributed by atoms with Crippen LogP contribution < -0.4 is 9.64 Å². The number of anilines is 1. The van der Waals surface area contributed by atoms with E-state index in [1.54, 1.807) is 24.3 Å². The molecule has 0 aromatic heterocycles. The fraction of sp³-hybridized carbons (Fsp3) is 0.185. The van der Waals surface area contributed by atoms with Crippen molar-refractivity contribution in [2.45, 2.75) is 26.8 Å². The zero-order valence-electron chi connectivity index (χ0n) is 18.8. The molecule has 4 rings (SSSR count). The highest BCUT2D eigenvalue weighted by molar-refractivity contribution is 6.51. The summed E-state index contributed by atoms with van der Waals surface area (Å²) in [7, 11) is 1.44. The number of ether oxygens (including phenoxy) is 1. The molecule has 1 unspecified atom stereocenters. The lowest BCUT2D eigenvalue weighted by atomic mass is 9.92. The predicted molar refractivity (Wildman–Crippen MR) is 130 cm³/mol. The quantitative estimate of drug-likeness (QED) is 0.298. The van der Waals surface area contributed by atoms with Crippen molar-refractivity contribution in [1.82, 2.24) is 0 Å². The van der Waals surface area contributed by atoms with Crippen molar-refractivity contribution in [3.05, 3.63) is 99.1 Å². The van der Waals surface area contributed by atoms with Crippen molar-refractivity contribution in [1.29, 1.82) is 0 Å². The van der Waals surface area contributed by atoms with E-state index in [0.29, 0.717) is 10.7 Å². The van der Waals surface area contributed by atoms with E-state index in [9.17, 15) is 14.7 Å². The molecule has 3 aromatic rings. The van der Waals surface area contributed by atoms with E-state index in [1.165, 1.54) is 12.0 Å². The molecule has 5 nitrogen and oxygen atoms in total. The van der Waals surface area contributed by atoms with E-state index >= 15 is 0 Å². The lowest BCUT2D eigenvalue weighted by molar-refractivity contribution is -0.132. The van der Waals surface area contributed by atoms with Crippen molar-refractivity contribution < 1.29 is 19.4 Å². The van der Waals surface area contributed by atoms with E-state index in [-0.39, 0.29) is 22.6 Å². The van der Waals surface area contributed by atoms with E-state index in [4.69, 9.17) is 16.3 Å². The number of nitrogens with zero attached hydrogens (tertiary/aromatic N) is 1. The first-order valence-electron chi connectivity index (χ1n) is 10.5. The lowest BCUT2D eigenvalue weighted by Gasteiger charge is -2.27. The van der Waals surface area contributed by atoms with Crippen molar-refractivity contribution in [2.75, 3.05) is 12.0 Å². The smallest absolute Gasteiger partial charge is 0.300 e. The first-order valence-corrected chi connectivity index (χ1v) is 10.9. The van der Waals surface area contributed by atoms with Crippen LogP contribution in [0.4, 0.5) is 5.69 Å². The van der Waals surface area contributed by atoms with Crippen LogP contribution in [0.2, 0.25) is 5.02 Å². The lowest BCUT2D eigenvalue weighted by Crippen LogP contribution is -2.29. The number of halogens is 1. The number of carbonyl (C=O) groups is 2. The maximum atomic E-state index is 13.4. The van der Waals surface area contributed by atoms with Gasteiger partial charge in [0.05, 0.1) is 29.3 Å². The van der Waals surface area contributed by atoms with Gasteiger partial charge >= 0.3 is 0 Å². The van der Waals surface area contributed by atoms with Crippen molar-refractivity contribution >= 4 is 34.7 Å². The zero-order valence-corrected chi connectivity index (χ0v) is 19.6. The second-order valence-corrected chi connectivity index (χ2v) is 8.60. The second-order valence-electron chi connectivity index (χ2n) is 8.19. The third kappa shape index (κ3) is 3.89. The molecule has 168 valence electrons. The fourth-order valence-electron chi connectivity index (χ4n) is 4.25. The highest BCUT2D eigenvalue weighted by Crippen LogP contribution is 2.45. The minimum atomic E-state index is -0.808. The molecule has 1 saturated heterocycles. The predicted octanol–water partition coefficient (Wildman–Crippen LogP) is 5.90. The molecule has 1 fully saturated rings. The van der Waals surface area contributed by atoms with Crippen LogP contribution >= 0.6 is 11.6 Å². The van der Waals surface area contributed by atoms with Crippen LogP contribution in [0.25, 0.3) is 5.76 Å². The van der Waals surface area contributed by atoms with Gasteiger partial charge in [0.2, 0.25) is 0 Å². The minimum absolute atomic E-state index is 0.00478. The number of benzene rings is 3. The zero-order chi connectivity index (χ0) is 23.9. The second kappa shape index (κ2) is 8.75. The molecule has 1 amide bonds. The summed E-state index contributed by atoms with van der Waals surface area (Å²) in [6.07, 6.45) is 0. The molecule has 1 N–H and O–H groups in total. The Bertz CT molecular complexity index is 1290. The topological polar surface area (TPSA) is 66.8 Å². The number of Topliss-reactive ketones (excluding diaryl/α,β-unsaturated/α-hetero) is 1. The third-order valence-electron chi connectivity index (χ3n) is 5.89. The fourth-order valence-corrected chi connectivity index (χ4v) is 4.60. The van der Waals surface area contributed by atoms with Crippen LogP contribution in [0.15, 0.2) is 66.2 Å². The van der Waals surface area contributed by atoms with Crippen LogP contribution in [0, 0.1) is 20.8 Å². The number of hydrogen-bond donors (Lipinski definition) is 1. The highest BCUT2D eigenvalue weighted by atomic mass is 35.5. The maximum absolute atomic E-state index is 13.4. The van der Waals surface area contributed by atoms with Gasteiger partial charge in [0.25, 0.3) is 11.7 Å². The summed E-state index contributed by atoms with van der Waals surface area (Å²) in [4.78, 5) is 28.1. The molecule has 0 bridgehead atoms. The largest absolute Gasteiger partial charge is 0.507 e. The Hall–Kier alpha value is -3.57. The minimum Gasteiger partial charge on any atom is -0.507 e. The highest BCUT2D eigenvalue weighted by Gasteiger charge is 2.47.